The number of carbonyl (C=O) groups excluding carboxylic acids is 1. The number of likely N-dealkylation sites (N-methyl/N-ethyl adjacent to an activating group) is 1. The summed E-state index contributed by atoms with van der Waals surface area (Å²) in [7, 11) is 3.72. The first kappa shape index (κ1) is 17.3. The molecule has 0 aliphatic rings. The second kappa shape index (κ2) is 7.28. The van der Waals surface area contributed by atoms with Gasteiger partial charge in [0.25, 0.3) is 5.91 Å². The Kier molecular flexibility index (Phi) is 5.99. The summed E-state index contributed by atoms with van der Waals surface area (Å²) in [4.78, 5) is 14.1. The zero-order valence-corrected chi connectivity index (χ0v) is 13.1. The number of nitrogens with zero attached hydrogens (tertiary/aromatic N) is 1. The van der Waals surface area contributed by atoms with Crippen LogP contribution < -0.4 is 15.8 Å². The van der Waals surface area contributed by atoms with Crippen LogP contribution in [-0.4, -0.2) is 55.3 Å². The first-order valence-corrected chi connectivity index (χ1v) is 6.93. The lowest BCUT2D eigenvalue weighted by molar-refractivity contribution is 0.0325. The van der Waals surface area contributed by atoms with Gasteiger partial charge in [-0.2, -0.15) is 0 Å². The third kappa shape index (κ3) is 5.24. The number of hydrogen-bond donors (Lipinski definition) is 3. The van der Waals surface area contributed by atoms with E-state index in [2.05, 4.69) is 5.32 Å². The number of hydrogen-bond acceptors (Lipinski definition) is 5. The van der Waals surface area contributed by atoms with Crippen molar-refractivity contribution in [2.24, 2.45) is 0 Å². The van der Waals surface area contributed by atoms with Crippen LogP contribution in [0.25, 0.3) is 0 Å². The van der Waals surface area contributed by atoms with E-state index in [1.54, 1.807) is 25.1 Å². The van der Waals surface area contributed by atoms with Crippen molar-refractivity contribution in [3.63, 3.8) is 0 Å². The maximum absolute atomic E-state index is 12.3. The van der Waals surface area contributed by atoms with Crippen molar-refractivity contribution >= 4 is 11.6 Å². The van der Waals surface area contributed by atoms with Crippen molar-refractivity contribution < 1.29 is 14.6 Å². The molecule has 1 aromatic carbocycles. The number of para-hydroxylation sites is 1. The van der Waals surface area contributed by atoms with Crippen molar-refractivity contribution in [3.8, 4) is 5.75 Å². The molecule has 21 heavy (non-hydrogen) atoms. The fourth-order valence-corrected chi connectivity index (χ4v) is 2.14. The summed E-state index contributed by atoms with van der Waals surface area (Å²) in [5.74, 6) is 0.0644. The number of rotatable bonds is 7. The number of benzene rings is 1. The Morgan fingerprint density at radius 1 is 1.48 bits per heavy atom. The smallest absolute Gasteiger partial charge is 0.255 e. The third-order valence-corrected chi connectivity index (χ3v) is 2.87. The van der Waals surface area contributed by atoms with Crippen LogP contribution >= 0.6 is 0 Å². The van der Waals surface area contributed by atoms with Gasteiger partial charge >= 0.3 is 0 Å². The van der Waals surface area contributed by atoms with E-state index in [-0.39, 0.29) is 12.5 Å². The number of carbonyl (C=O) groups is 1. The number of nitrogens with one attached hydrogen (secondary N) is 1. The molecular weight excluding hydrogens is 270 g/mol. The summed E-state index contributed by atoms with van der Waals surface area (Å²) in [6, 6.07) is 5.03. The number of anilines is 1. The zero-order valence-electron chi connectivity index (χ0n) is 13.1. The minimum absolute atomic E-state index is 0.143. The van der Waals surface area contributed by atoms with E-state index in [0.717, 1.165) is 0 Å². The van der Waals surface area contributed by atoms with Crippen LogP contribution in [0.3, 0.4) is 0 Å². The molecule has 6 nitrogen and oxygen atoms in total. The molecule has 0 aromatic heterocycles. The Morgan fingerprint density at radius 3 is 2.71 bits per heavy atom. The van der Waals surface area contributed by atoms with Gasteiger partial charge in [-0.3, -0.25) is 4.79 Å². The molecule has 1 atom stereocenters. The molecule has 0 saturated heterocycles. The minimum atomic E-state index is -1.01. The van der Waals surface area contributed by atoms with Gasteiger partial charge in [-0.05, 0) is 40.1 Å². The molecule has 0 spiro atoms. The van der Waals surface area contributed by atoms with Gasteiger partial charge in [-0.1, -0.05) is 6.07 Å². The summed E-state index contributed by atoms with van der Waals surface area (Å²) in [5, 5.41) is 12.9. The van der Waals surface area contributed by atoms with Crippen LogP contribution in [0.4, 0.5) is 5.69 Å². The van der Waals surface area contributed by atoms with Crippen molar-refractivity contribution in [3.05, 3.63) is 23.8 Å². The second-order valence-corrected chi connectivity index (χ2v) is 5.57. The molecule has 0 aliphatic heterocycles. The van der Waals surface area contributed by atoms with E-state index in [4.69, 9.17) is 10.5 Å². The maximum Gasteiger partial charge on any atom is 0.255 e. The quantitative estimate of drug-likeness (QED) is 0.645. The predicted octanol–water partition coefficient (Wildman–Crippen LogP) is 0.710. The van der Waals surface area contributed by atoms with Gasteiger partial charge in [0.1, 0.15) is 0 Å². The van der Waals surface area contributed by atoms with Crippen LogP contribution in [0.5, 0.6) is 5.75 Å². The lowest BCUT2D eigenvalue weighted by atomic mass is 10.1. The van der Waals surface area contributed by atoms with Crippen LogP contribution in [0.1, 0.15) is 24.2 Å². The summed E-state index contributed by atoms with van der Waals surface area (Å²) >= 11 is 0. The fourth-order valence-electron chi connectivity index (χ4n) is 2.14. The van der Waals surface area contributed by atoms with E-state index >= 15 is 0 Å². The van der Waals surface area contributed by atoms with Crippen LogP contribution in [0.15, 0.2) is 18.2 Å². The summed E-state index contributed by atoms with van der Waals surface area (Å²) in [5.41, 5.74) is 5.62. The number of nitrogens with two attached hydrogens (primary N) is 1. The van der Waals surface area contributed by atoms with Gasteiger partial charge in [0.2, 0.25) is 0 Å². The summed E-state index contributed by atoms with van der Waals surface area (Å²) < 4.78 is 5.43. The third-order valence-electron chi connectivity index (χ3n) is 2.87. The van der Waals surface area contributed by atoms with E-state index in [1.165, 1.54) is 0 Å². The topological polar surface area (TPSA) is 87.8 Å². The molecule has 0 saturated carbocycles. The molecule has 1 unspecified atom stereocenters. The average molecular weight is 295 g/mol. The SMILES string of the molecule is CCOc1c(N)cccc1C(=O)NCC(C)(O)CN(C)C. The molecule has 1 aromatic rings. The van der Waals surface area contributed by atoms with Crippen molar-refractivity contribution in [2.75, 3.05) is 39.5 Å². The van der Waals surface area contributed by atoms with E-state index in [1.807, 2.05) is 25.9 Å². The highest BCUT2D eigenvalue weighted by atomic mass is 16.5. The van der Waals surface area contributed by atoms with Crippen LogP contribution in [-0.2, 0) is 0 Å². The molecule has 118 valence electrons. The molecule has 0 radical (unpaired) electrons. The Bertz CT molecular complexity index is 487. The number of nitrogen functional groups attached to an aromatic ring is 1. The van der Waals surface area contributed by atoms with E-state index in [0.29, 0.717) is 30.2 Å². The predicted molar refractivity (Wildman–Crippen MR) is 83.5 cm³/mol. The Labute approximate surface area is 125 Å². The second-order valence-electron chi connectivity index (χ2n) is 5.57. The molecule has 0 bridgehead atoms. The first-order chi connectivity index (χ1) is 9.76. The molecule has 0 fully saturated rings. The number of aliphatic hydroxyl groups is 1. The lowest BCUT2D eigenvalue weighted by Gasteiger charge is -2.27. The molecule has 0 aliphatic carbocycles. The number of amides is 1. The summed E-state index contributed by atoms with van der Waals surface area (Å²) in [6.07, 6.45) is 0. The van der Waals surface area contributed by atoms with Gasteiger partial charge in [-0.15, -0.1) is 0 Å². The van der Waals surface area contributed by atoms with Gasteiger partial charge in [0.15, 0.2) is 5.75 Å². The zero-order chi connectivity index (χ0) is 16.0. The highest BCUT2D eigenvalue weighted by Gasteiger charge is 2.23. The molecule has 4 N–H and O–H groups in total. The van der Waals surface area contributed by atoms with E-state index in [9.17, 15) is 9.90 Å². The van der Waals surface area contributed by atoms with Crippen LogP contribution in [0, 0.1) is 0 Å². The molecular formula is C15H25N3O3. The molecule has 1 amide bonds. The molecule has 0 heterocycles. The highest BCUT2D eigenvalue weighted by Crippen LogP contribution is 2.26. The first-order valence-electron chi connectivity index (χ1n) is 6.93. The maximum atomic E-state index is 12.3. The lowest BCUT2D eigenvalue weighted by Crippen LogP contribution is -2.47. The average Bonchev–Trinajstić information content (AvgIpc) is 2.37. The van der Waals surface area contributed by atoms with Gasteiger partial charge in [-0.25, -0.2) is 0 Å². The van der Waals surface area contributed by atoms with Crippen molar-refractivity contribution in [1.82, 2.24) is 10.2 Å². The number of ether oxygens (including phenoxy) is 1. The standard InChI is InChI=1S/C15H25N3O3/c1-5-21-13-11(7-6-8-12(13)16)14(19)17-9-15(2,20)10-18(3)4/h6-8,20H,5,9-10,16H2,1-4H3,(H,17,19). The summed E-state index contributed by atoms with van der Waals surface area (Å²) in [6.45, 7) is 4.52. The van der Waals surface area contributed by atoms with Gasteiger partial charge in [0.05, 0.1) is 23.5 Å². The molecule has 6 heteroatoms. The monoisotopic (exact) mass is 295 g/mol. The van der Waals surface area contributed by atoms with E-state index < -0.39 is 5.60 Å². The highest BCUT2D eigenvalue weighted by molar-refractivity contribution is 5.98. The van der Waals surface area contributed by atoms with Crippen molar-refractivity contribution in [2.45, 2.75) is 19.4 Å². The van der Waals surface area contributed by atoms with Gasteiger partial charge < -0.3 is 25.8 Å². The fraction of sp³-hybridized carbons (Fsp3) is 0.533. The normalized spacial score (nSPS) is 13.8. The van der Waals surface area contributed by atoms with Crippen LogP contribution in [0.2, 0.25) is 0 Å². The van der Waals surface area contributed by atoms with Gasteiger partial charge in [0, 0.05) is 13.1 Å². The Hall–Kier alpha value is -1.79. The van der Waals surface area contributed by atoms with Crippen molar-refractivity contribution in [1.29, 1.82) is 0 Å². The minimum Gasteiger partial charge on any atom is -0.491 e. The largest absolute Gasteiger partial charge is 0.491 e. The Balaban J connectivity index is 2.79. The molecule has 1 rings (SSSR count). The Morgan fingerprint density at radius 2 is 2.14 bits per heavy atom.